The molecule has 0 saturated carbocycles. The largest absolute Gasteiger partial charge is 0.478 e. The molecule has 5 heteroatoms. The molecule has 1 aromatic carbocycles. The SMILES string of the molecule is Cc1cc(NC(C)(C)C(N)=O)ccc1C(=O)O. The Balaban J connectivity index is 2.99. The highest BCUT2D eigenvalue weighted by atomic mass is 16.4. The lowest BCUT2D eigenvalue weighted by Gasteiger charge is -2.24. The number of carbonyl (C=O) groups excluding carboxylic acids is 1. The van der Waals surface area contributed by atoms with E-state index in [1.54, 1.807) is 32.9 Å². The minimum atomic E-state index is -0.969. The maximum Gasteiger partial charge on any atom is 0.335 e. The van der Waals surface area contributed by atoms with Crippen LogP contribution in [0.1, 0.15) is 29.8 Å². The highest BCUT2D eigenvalue weighted by Gasteiger charge is 2.24. The van der Waals surface area contributed by atoms with E-state index in [9.17, 15) is 9.59 Å². The minimum absolute atomic E-state index is 0.243. The summed E-state index contributed by atoms with van der Waals surface area (Å²) >= 11 is 0. The lowest BCUT2D eigenvalue weighted by Crippen LogP contribution is -2.45. The number of carboxylic acids is 1. The molecule has 0 bridgehead atoms. The molecule has 0 heterocycles. The average Bonchev–Trinajstić information content (AvgIpc) is 2.15. The van der Waals surface area contributed by atoms with Gasteiger partial charge in [0.15, 0.2) is 0 Å². The molecular weight excluding hydrogens is 220 g/mol. The number of amides is 1. The van der Waals surface area contributed by atoms with Crippen molar-refractivity contribution in [1.29, 1.82) is 0 Å². The van der Waals surface area contributed by atoms with E-state index in [1.165, 1.54) is 6.07 Å². The summed E-state index contributed by atoms with van der Waals surface area (Å²) in [5, 5.41) is 11.8. The molecule has 0 spiro atoms. The van der Waals surface area contributed by atoms with E-state index in [4.69, 9.17) is 10.8 Å². The van der Waals surface area contributed by atoms with Gasteiger partial charge in [-0.1, -0.05) is 0 Å². The average molecular weight is 236 g/mol. The van der Waals surface area contributed by atoms with Gasteiger partial charge in [-0.2, -0.15) is 0 Å². The topological polar surface area (TPSA) is 92.4 Å². The van der Waals surface area contributed by atoms with Gasteiger partial charge >= 0.3 is 5.97 Å². The zero-order valence-corrected chi connectivity index (χ0v) is 10.1. The number of aryl methyl sites for hydroxylation is 1. The van der Waals surface area contributed by atoms with Crippen molar-refractivity contribution in [2.24, 2.45) is 5.73 Å². The number of primary amides is 1. The number of hydrogen-bond donors (Lipinski definition) is 3. The van der Waals surface area contributed by atoms with Crippen LogP contribution in [0.3, 0.4) is 0 Å². The van der Waals surface area contributed by atoms with Crippen LogP contribution in [0.2, 0.25) is 0 Å². The van der Waals surface area contributed by atoms with Gasteiger partial charge in [-0.3, -0.25) is 4.79 Å². The molecule has 0 aliphatic heterocycles. The van der Waals surface area contributed by atoms with E-state index in [2.05, 4.69) is 5.32 Å². The first-order chi connectivity index (χ1) is 7.74. The first-order valence-corrected chi connectivity index (χ1v) is 5.16. The molecule has 0 atom stereocenters. The van der Waals surface area contributed by atoms with Crippen molar-refractivity contribution in [1.82, 2.24) is 0 Å². The van der Waals surface area contributed by atoms with Crippen LogP contribution >= 0.6 is 0 Å². The summed E-state index contributed by atoms with van der Waals surface area (Å²) in [6.45, 7) is 5.03. The van der Waals surface area contributed by atoms with Crippen molar-refractivity contribution >= 4 is 17.6 Å². The van der Waals surface area contributed by atoms with Crippen LogP contribution in [-0.2, 0) is 4.79 Å². The molecule has 0 aromatic heterocycles. The molecule has 0 unspecified atom stereocenters. The molecule has 0 aliphatic carbocycles. The molecule has 92 valence electrons. The van der Waals surface area contributed by atoms with E-state index in [0.29, 0.717) is 11.3 Å². The van der Waals surface area contributed by atoms with E-state index >= 15 is 0 Å². The highest BCUT2D eigenvalue weighted by molar-refractivity contribution is 5.90. The van der Waals surface area contributed by atoms with E-state index in [1.807, 2.05) is 0 Å². The van der Waals surface area contributed by atoms with Crippen molar-refractivity contribution < 1.29 is 14.7 Å². The number of benzene rings is 1. The molecule has 0 saturated heterocycles. The fourth-order valence-corrected chi connectivity index (χ4v) is 1.40. The molecule has 0 aliphatic rings. The molecule has 1 rings (SSSR count). The van der Waals surface area contributed by atoms with Gasteiger partial charge in [-0.15, -0.1) is 0 Å². The van der Waals surface area contributed by atoms with Crippen LogP contribution in [0, 0.1) is 6.92 Å². The summed E-state index contributed by atoms with van der Waals surface area (Å²) in [5.41, 5.74) is 5.89. The normalized spacial score (nSPS) is 11.0. The lowest BCUT2D eigenvalue weighted by molar-refractivity contribution is -0.121. The van der Waals surface area contributed by atoms with Crippen molar-refractivity contribution in [2.45, 2.75) is 26.3 Å². The number of aromatic carboxylic acids is 1. The van der Waals surface area contributed by atoms with Crippen LogP contribution in [-0.4, -0.2) is 22.5 Å². The number of nitrogens with two attached hydrogens (primary N) is 1. The molecular formula is C12H16N2O3. The molecule has 0 fully saturated rings. The Morgan fingerprint density at radius 2 is 1.94 bits per heavy atom. The van der Waals surface area contributed by atoms with Crippen molar-refractivity contribution in [3.8, 4) is 0 Å². The molecule has 17 heavy (non-hydrogen) atoms. The third-order valence-electron chi connectivity index (χ3n) is 2.53. The predicted octanol–water partition coefficient (Wildman–Crippen LogP) is 1.37. The maximum atomic E-state index is 11.2. The van der Waals surface area contributed by atoms with Gasteiger partial charge in [0.2, 0.25) is 5.91 Å². The van der Waals surface area contributed by atoms with Crippen LogP contribution < -0.4 is 11.1 Å². The molecule has 5 nitrogen and oxygen atoms in total. The first kappa shape index (κ1) is 13.0. The Labute approximate surface area is 99.6 Å². The fraction of sp³-hybridized carbons (Fsp3) is 0.333. The van der Waals surface area contributed by atoms with E-state index in [0.717, 1.165) is 0 Å². The Kier molecular flexibility index (Phi) is 3.41. The van der Waals surface area contributed by atoms with Gasteiger partial charge in [-0.25, -0.2) is 4.79 Å². The van der Waals surface area contributed by atoms with E-state index < -0.39 is 17.4 Å². The van der Waals surface area contributed by atoms with Gasteiger partial charge in [0, 0.05) is 5.69 Å². The minimum Gasteiger partial charge on any atom is -0.478 e. The second-order valence-corrected chi connectivity index (χ2v) is 4.45. The highest BCUT2D eigenvalue weighted by Crippen LogP contribution is 2.19. The predicted molar refractivity (Wildman–Crippen MR) is 65.0 cm³/mol. The van der Waals surface area contributed by atoms with Gasteiger partial charge in [-0.05, 0) is 44.5 Å². The number of carboxylic acid groups (broad SMARTS) is 1. The summed E-state index contributed by atoms with van der Waals surface area (Å²) in [6, 6.07) is 4.78. The monoisotopic (exact) mass is 236 g/mol. The number of hydrogen-bond acceptors (Lipinski definition) is 3. The van der Waals surface area contributed by atoms with Crippen LogP contribution in [0.25, 0.3) is 0 Å². The maximum absolute atomic E-state index is 11.2. The van der Waals surface area contributed by atoms with Gasteiger partial charge < -0.3 is 16.2 Å². The fourth-order valence-electron chi connectivity index (χ4n) is 1.40. The van der Waals surface area contributed by atoms with Gasteiger partial charge in [0.1, 0.15) is 5.54 Å². The van der Waals surface area contributed by atoms with Crippen LogP contribution in [0.4, 0.5) is 5.69 Å². The Morgan fingerprint density at radius 3 is 2.35 bits per heavy atom. The number of rotatable bonds is 4. The smallest absolute Gasteiger partial charge is 0.335 e. The van der Waals surface area contributed by atoms with Crippen molar-refractivity contribution in [3.05, 3.63) is 29.3 Å². The zero-order chi connectivity index (χ0) is 13.2. The molecule has 4 N–H and O–H groups in total. The number of nitrogens with one attached hydrogen (secondary N) is 1. The quantitative estimate of drug-likeness (QED) is 0.736. The standard InChI is InChI=1S/C12H16N2O3/c1-7-6-8(4-5-9(7)10(15)16)14-12(2,3)11(13)17/h4-6,14H,1-3H3,(H2,13,17)(H,15,16). The van der Waals surface area contributed by atoms with Crippen molar-refractivity contribution in [2.75, 3.05) is 5.32 Å². The third kappa shape index (κ3) is 2.96. The van der Waals surface area contributed by atoms with Crippen LogP contribution in [0.5, 0.6) is 0 Å². The van der Waals surface area contributed by atoms with Crippen molar-refractivity contribution in [3.63, 3.8) is 0 Å². The summed E-state index contributed by atoms with van der Waals surface area (Å²) in [7, 11) is 0. The summed E-state index contributed by atoms with van der Waals surface area (Å²) in [4.78, 5) is 22.0. The first-order valence-electron chi connectivity index (χ1n) is 5.16. The van der Waals surface area contributed by atoms with Crippen LogP contribution in [0.15, 0.2) is 18.2 Å². The van der Waals surface area contributed by atoms with E-state index in [-0.39, 0.29) is 5.56 Å². The summed E-state index contributed by atoms with van der Waals surface area (Å²) in [5.74, 6) is -1.44. The lowest BCUT2D eigenvalue weighted by atomic mass is 10.0. The number of anilines is 1. The zero-order valence-electron chi connectivity index (χ0n) is 10.1. The molecule has 1 aromatic rings. The number of carbonyl (C=O) groups is 2. The Morgan fingerprint density at radius 1 is 1.35 bits per heavy atom. The second kappa shape index (κ2) is 4.45. The molecule has 0 radical (unpaired) electrons. The second-order valence-electron chi connectivity index (χ2n) is 4.45. The van der Waals surface area contributed by atoms with Gasteiger partial charge in [0.25, 0.3) is 0 Å². The third-order valence-corrected chi connectivity index (χ3v) is 2.53. The Hall–Kier alpha value is -2.04. The summed E-state index contributed by atoms with van der Waals surface area (Å²) in [6.07, 6.45) is 0. The van der Waals surface area contributed by atoms with Gasteiger partial charge in [0.05, 0.1) is 5.56 Å². The molecule has 1 amide bonds. The summed E-state index contributed by atoms with van der Waals surface area (Å²) < 4.78 is 0. The Bertz CT molecular complexity index is 467.